The molecule has 2 aromatic rings. The highest BCUT2D eigenvalue weighted by atomic mass is 16.5. The van der Waals surface area contributed by atoms with Crippen LogP contribution in [0.1, 0.15) is 47.2 Å². The van der Waals surface area contributed by atoms with Gasteiger partial charge in [0, 0.05) is 37.4 Å². The number of rotatable bonds is 4. The number of hydrogen-bond acceptors (Lipinski definition) is 5. The van der Waals surface area contributed by atoms with Gasteiger partial charge in [0.2, 0.25) is 11.8 Å². The van der Waals surface area contributed by atoms with Gasteiger partial charge < -0.3 is 20.3 Å². The third-order valence-corrected chi connectivity index (χ3v) is 6.81. The van der Waals surface area contributed by atoms with Gasteiger partial charge in [-0.15, -0.1) is 0 Å². The molecule has 2 fully saturated rings. The minimum absolute atomic E-state index is 0.206. The zero-order chi connectivity index (χ0) is 23.7. The number of carbonyl (C=O) groups excluding carboxylic acids is 4. The lowest BCUT2D eigenvalue weighted by Gasteiger charge is -2.38. The molecule has 176 valence electrons. The van der Waals surface area contributed by atoms with Crippen LogP contribution in [0.25, 0.3) is 0 Å². The number of benzene rings is 2. The van der Waals surface area contributed by atoms with Crippen molar-refractivity contribution >= 4 is 29.4 Å². The molecular weight excluding hydrogens is 436 g/mol. The summed E-state index contributed by atoms with van der Waals surface area (Å²) in [5.41, 5.74) is 2.31. The highest BCUT2D eigenvalue weighted by Crippen LogP contribution is 2.33. The van der Waals surface area contributed by atoms with Gasteiger partial charge in [-0.1, -0.05) is 30.3 Å². The number of piperidine rings is 1. The van der Waals surface area contributed by atoms with Crippen LogP contribution in [0.3, 0.4) is 0 Å². The van der Waals surface area contributed by atoms with Gasteiger partial charge in [0.1, 0.15) is 6.04 Å². The van der Waals surface area contributed by atoms with Gasteiger partial charge in [-0.2, -0.15) is 0 Å². The Hall–Kier alpha value is -3.72. The minimum Gasteiger partial charge on any atom is -0.381 e. The van der Waals surface area contributed by atoms with Gasteiger partial charge in [0.15, 0.2) is 0 Å². The molecule has 0 spiro atoms. The monoisotopic (exact) mass is 462 g/mol. The van der Waals surface area contributed by atoms with Gasteiger partial charge in [-0.05, 0) is 48.6 Å². The van der Waals surface area contributed by atoms with Crippen LogP contribution >= 0.6 is 0 Å². The zero-order valence-electron chi connectivity index (χ0n) is 18.6. The number of imide groups is 1. The van der Waals surface area contributed by atoms with Crippen LogP contribution in [-0.4, -0.2) is 47.9 Å². The Morgan fingerprint density at radius 1 is 1.06 bits per heavy atom. The van der Waals surface area contributed by atoms with E-state index in [9.17, 15) is 19.2 Å². The first-order chi connectivity index (χ1) is 16.4. The fourth-order valence-electron chi connectivity index (χ4n) is 4.99. The molecule has 1 atom stereocenters. The molecule has 3 heterocycles. The van der Waals surface area contributed by atoms with Crippen LogP contribution in [0.15, 0.2) is 48.5 Å². The molecule has 5 rings (SSSR count). The second-order valence-electron chi connectivity index (χ2n) is 8.91. The van der Waals surface area contributed by atoms with E-state index in [0.29, 0.717) is 43.7 Å². The maximum Gasteiger partial charge on any atom is 0.319 e. The Morgan fingerprint density at radius 2 is 1.82 bits per heavy atom. The van der Waals surface area contributed by atoms with Gasteiger partial charge >= 0.3 is 6.03 Å². The molecule has 0 aliphatic carbocycles. The lowest BCUT2D eigenvalue weighted by atomic mass is 9.83. The number of nitrogens with zero attached hydrogens (tertiary/aromatic N) is 1. The third kappa shape index (κ3) is 4.14. The van der Waals surface area contributed by atoms with Crippen LogP contribution in [0.5, 0.6) is 0 Å². The van der Waals surface area contributed by atoms with E-state index in [1.54, 1.807) is 18.2 Å². The highest BCUT2D eigenvalue weighted by Gasteiger charge is 2.39. The van der Waals surface area contributed by atoms with Crippen molar-refractivity contribution in [3.63, 3.8) is 0 Å². The summed E-state index contributed by atoms with van der Waals surface area (Å²) in [7, 11) is 0. The van der Waals surface area contributed by atoms with E-state index >= 15 is 0 Å². The Morgan fingerprint density at radius 3 is 2.56 bits per heavy atom. The summed E-state index contributed by atoms with van der Waals surface area (Å²) in [6.45, 7) is 1.38. The third-order valence-electron chi connectivity index (χ3n) is 6.81. The van der Waals surface area contributed by atoms with Crippen LogP contribution in [0.4, 0.5) is 10.5 Å². The number of hydrogen-bond donors (Lipinski definition) is 3. The van der Waals surface area contributed by atoms with Gasteiger partial charge in [-0.25, -0.2) is 4.79 Å². The van der Waals surface area contributed by atoms with Crippen molar-refractivity contribution < 1.29 is 23.9 Å². The van der Waals surface area contributed by atoms with E-state index in [4.69, 9.17) is 4.74 Å². The second kappa shape index (κ2) is 8.90. The number of ether oxygens (including phenoxy) is 1. The molecule has 3 N–H and O–H groups in total. The fourth-order valence-corrected chi connectivity index (χ4v) is 4.99. The Bertz CT molecular complexity index is 1140. The topological polar surface area (TPSA) is 117 Å². The number of amides is 5. The summed E-state index contributed by atoms with van der Waals surface area (Å²) in [6, 6.07) is 14.0. The molecule has 34 heavy (non-hydrogen) atoms. The first-order valence-electron chi connectivity index (χ1n) is 11.5. The van der Waals surface area contributed by atoms with Crippen molar-refractivity contribution in [3.05, 3.63) is 65.2 Å². The molecule has 0 aromatic heterocycles. The van der Waals surface area contributed by atoms with Crippen molar-refractivity contribution in [1.82, 2.24) is 15.5 Å². The van der Waals surface area contributed by atoms with E-state index in [-0.39, 0.29) is 30.8 Å². The lowest BCUT2D eigenvalue weighted by Crippen LogP contribution is -2.52. The molecular formula is C25H26N4O5. The maximum absolute atomic E-state index is 13.0. The summed E-state index contributed by atoms with van der Waals surface area (Å²) in [6.07, 6.45) is 1.86. The summed E-state index contributed by atoms with van der Waals surface area (Å²) in [5.74, 6) is -1.01. The summed E-state index contributed by atoms with van der Waals surface area (Å²) < 4.78 is 5.52. The predicted molar refractivity (Wildman–Crippen MR) is 123 cm³/mol. The Kier molecular flexibility index (Phi) is 5.79. The standard InChI is InChI=1S/C25H26N4O5/c30-21-9-8-20(22(31)27-21)29-15-16-14-18(6-7-19(16)23(29)32)26-24(33)28-25(10-12-34-13-11-25)17-4-2-1-3-5-17/h1-7,14,20H,8-13,15H2,(H2,26,28,33)(H,27,30,31). The molecule has 3 aliphatic rings. The molecule has 0 bridgehead atoms. The Balaban J connectivity index is 1.29. The molecule has 2 saturated heterocycles. The number of urea groups is 1. The number of anilines is 1. The number of fused-ring (bicyclic) bond motifs is 1. The summed E-state index contributed by atoms with van der Waals surface area (Å²) in [5, 5.41) is 8.35. The van der Waals surface area contributed by atoms with Crippen molar-refractivity contribution in [2.24, 2.45) is 0 Å². The van der Waals surface area contributed by atoms with E-state index in [2.05, 4.69) is 16.0 Å². The van der Waals surface area contributed by atoms with Crippen LogP contribution in [-0.2, 0) is 26.4 Å². The van der Waals surface area contributed by atoms with Gasteiger partial charge in [0.05, 0.1) is 5.54 Å². The molecule has 2 aromatic carbocycles. The van der Waals surface area contributed by atoms with Crippen molar-refractivity contribution in [1.29, 1.82) is 0 Å². The van der Waals surface area contributed by atoms with Crippen molar-refractivity contribution in [2.75, 3.05) is 18.5 Å². The highest BCUT2D eigenvalue weighted by molar-refractivity contribution is 6.05. The fraction of sp³-hybridized carbons (Fsp3) is 0.360. The molecule has 1 unspecified atom stereocenters. The predicted octanol–water partition coefficient (Wildman–Crippen LogP) is 2.27. The van der Waals surface area contributed by atoms with Gasteiger partial charge in [-0.3, -0.25) is 19.7 Å². The Labute approximate surface area is 196 Å². The van der Waals surface area contributed by atoms with Crippen molar-refractivity contribution in [3.8, 4) is 0 Å². The average Bonchev–Trinajstić information content (AvgIpc) is 3.15. The van der Waals surface area contributed by atoms with Gasteiger partial charge in [0.25, 0.3) is 5.91 Å². The zero-order valence-corrected chi connectivity index (χ0v) is 18.6. The smallest absolute Gasteiger partial charge is 0.319 e. The summed E-state index contributed by atoms with van der Waals surface area (Å²) in [4.78, 5) is 51.0. The van der Waals surface area contributed by atoms with Crippen LogP contribution in [0, 0.1) is 0 Å². The van der Waals surface area contributed by atoms with E-state index in [1.165, 1.54) is 4.90 Å². The van der Waals surface area contributed by atoms with E-state index in [1.807, 2.05) is 30.3 Å². The number of nitrogens with one attached hydrogen (secondary N) is 3. The normalized spacial score (nSPS) is 21.6. The lowest BCUT2D eigenvalue weighted by molar-refractivity contribution is -0.136. The quantitative estimate of drug-likeness (QED) is 0.603. The van der Waals surface area contributed by atoms with Crippen molar-refractivity contribution in [2.45, 2.75) is 43.8 Å². The molecule has 5 amide bonds. The minimum atomic E-state index is -0.670. The molecule has 0 radical (unpaired) electrons. The van der Waals surface area contributed by atoms with E-state index < -0.39 is 17.5 Å². The summed E-state index contributed by atoms with van der Waals surface area (Å²) >= 11 is 0. The van der Waals surface area contributed by atoms with Crippen LogP contribution in [0.2, 0.25) is 0 Å². The molecule has 9 nitrogen and oxygen atoms in total. The average molecular weight is 463 g/mol. The maximum atomic E-state index is 13.0. The first kappa shape index (κ1) is 22.1. The second-order valence-corrected chi connectivity index (χ2v) is 8.91. The van der Waals surface area contributed by atoms with E-state index in [0.717, 1.165) is 11.1 Å². The largest absolute Gasteiger partial charge is 0.381 e. The molecule has 3 aliphatic heterocycles. The molecule has 9 heteroatoms. The first-order valence-corrected chi connectivity index (χ1v) is 11.5. The SMILES string of the molecule is O=C1CCC(N2Cc3cc(NC(=O)NC4(c5ccccc5)CCOCC4)ccc3C2=O)C(=O)N1. The number of carbonyl (C=O) groups is 4. The van der Waals surface area contributed by atoms with Crippen LogP contribution < -0.4 is 16.0 Å². The molecule has 0 saturated carbocycles.